The Kier molecular flexibility index (Phi) is 2.47. The van der Waals surface area contributed by atoms with Crippen molar-refractivity contribution >= 4 is 21.5 Å². The van der Waals surface area contributed by atoms with E-state index in [2.05, 4.69) is 15.3 Å². The number of hydrogen-bond acceptors (Lipinski definition) is 6. The van der Waals surface area contributed by atoms with Gasteiger partial charge in [0, 0.05) is 6.04 Å². The molecule has 6 nitrogen and oxygen atoms in total. The number of nitrogens with zero attached hydrogens (tertiary/aromatic N) is 2. The Morgan fingerprint density at radius 3 is 2.73 bits per heavy atom. The second kappa shape index (κ2) is 3.65. The molecule has 7 heteroatoms. The number of nitrogens with one attached hydrogen (secondary N) is 1. The van der Waals surface area contributed by atoms with Crippen LogP contribution in [0.3, 0.4) is 0 Å². The van der Waals surface area contributed by atoms with E-state index in [0.29, 0.717) is 18.1 Å². The Morgan fingerprint density at radius 1 is 1.40 bits per heavy atom. The van der Waals surface area contributed by atoms with Crippen LogP contribution in [0.4, 0.5) is 11.6 Å². The first-order valence-corrected chi connectivity index (χ1v) is 6.42. The summed E-state index contributed by atoms with van der Waals surface area (Å²) in [6, 6.07) is -0.0621. The zero-order valence-corrected chi connectivity index (χ0v) is 8.87. The summed E-state index contributed by atoms with van der Waals surface area (Å²) in [7, 11) is -2.86. The van der Waals surface area contributed by atoms with Crippen LogP contribution >= 0.6 is 0 Å². The summed E-state index contributed by atoms with van der Waals surface area (Å²) in [4.78, 5) is 7.86. The summed E-state index contributed by atoms with van der Waals surface area (Å²) in [6.45, 7) is 0. The van der Waals surface area contributed by atoms with Crippen molar-refractivity contribution in [1.29, 1.82) is 0 Å². The molecule has 15 heavy (non-hydrogen) atoms. The molecule has 0 bridgehead atoms. The molecule has 0 radical (unpaired) electrons. The van der Waals surface area contributed by atoms with E-state index >= 15 is 0 Å². The average Bonchev–Trinajstić information content (AvgIpc) is 2.50. The minimum atomic E-state index is -2.86. The van der Waals surface area contributed by atoms with Crippen LogP contribution in [0, 0.1) is 0 Å². The monoisotopic (exact) mass is 228 g/mol. The molecule has 1 aliphatic rings. The third kappa shape index (κ3) is 2.56. The van der Waals surface area contributed by atoms with Crippen molar-refractivity contribution in [3.63, 3.8) is 0 Å². The highest BCUT2D eigenvalue weighted by atomic mass is 32.2. The fraction of sp³-hybridized carbons (Fsp3) is 0.500. The summed E-state index contributed by atoms with van der Waals surface area (Å²) in [5.74, 6) is 1.32. The Morgan fingerprint density at radius 2 is 2.20 bits per heavy atom. The first-order valence-electron chi connectivity index (χ1n) is 4.60. The largest absolute Gasteiger partial charge is 0.382 e. The summed E-state index contributed by atoms with van der Waals surface area (Å²) in [5, 5.41) is 3.02. The lowest BCUT2D eigenvalue weighted by Crippen LogP contribution is -2.21. The van der Waals surface area contributed by atoms with Crippen molar-refractivity contribution < 1.29 is 8.42 Å². The molecule has 1 aromatic rings. The second-order valence-electron chi connectivity index (χ2n) is 3.57. The molecule has 0 aromatic carbocycles. The number of nitrogens with two attached hydrogens (primary N) is 1. The molecular formula is C8H12N4O2S. The molecule has 0 spiro atoms. The first-order chi connectivity index (χ1) is 7.05. The highest BCUT2D eigenvalue weighted by Gasteiger charge is 2.27. The normalized spacial score (nSPS) is 23.9. The second-order valence-corrected chi connectivity index (χ2v) is 5.80. The molecule has 3 N–H and O–H groups in total. The van der Waals surface area contributed by atoms with E-state index in [1.807, 2.05) is 0 Å². The zero-order chi connectivity index (χ0) is 10.9. The Labute approximate surface area is 87.8 Å². The van der Waals surface area contributed by atoms with Crippen LogP contribution in [0.15, 0.2) is 12.4 Å². The number of sulfone groups is 1. The predicted molar refractivity (Wildman–Crippen MR) is 57.1 cm³/mol. The van der Waals surface area contributed by atoms with Crippen LogP contribution in [0.5, 0.6) is 0 Å². The number of hydrogen-bond donors (Lipinski definition) is 2. The fourth-order valence-electron chi connectivity index (χ4n) is 1.53. The molecule has 2 rings (SSSR count). The topological polar surface area (TPSA) is 98.0 Å². The van der Waals surface area contributed by atoms with E-state index in [1.54, 1.807) is 0 Å². The van der Waals surface area contributed by atoms with E-state index in [0.717, 1.165) is 0 Å². The van der Waals surface area contributed by atoms with E-state index in [4.69, 9.17) is 5.73 Å². The van der Waals surface area contributed by atoms with Gasteiger partial charge in [0.25, 0.3) is 0 Å². The summed E-state index contributed by atoms with van der Waals surface area (Å²) >= 11 is 0. The quantitative estimate of drug-likeness (QED) is 0.718. The Balaban J connectivity index is 2.02. The van der Waals surface area contributed by atoms with Gasteiger partial charge < -0.3 is 11.1 Å². The van der Waals surface area contributed by atoms with Gasteiger partial charge in [0.15, 0.2) is 9.84 Å². The first kappa shape index (κ1) is 10.2. The van der Waals surface area contributed by atoms with Crippen LogP contribution in [0.2, 0.25) is 0 Å². The van der Waals surface area contributed by atoms with Crippen LogP contribution in [0.25, 0.3) is 0 Å². The van der Waals surface area contributed by atoms with Crippen molar-refractivity contribution in [2.75, 3.05) is 22.6 Å². The third-order valence-corrected chi connectivity index (χ3v) is 4.02. The molecule has 0 saturated carbocycles. The van der Waals surface area contributed by atoms with Gasteiger partial charge in [-0.05, 0) is 6.42 Å². The van der Waals surface area contributed by atoms with Crippen LogP contribution in [-0.2, 0) is 9.84 Å². The van der Waals surface area contributed by atoms with Gasteiger partial charge in [-0.15, -0.1) is 0 Å². The van der Waals surface area contributed by atoms with E-state index in [9.17, 15) is 8.42 Å². The van der Waals surface area contributed by atoms with Gasteiger partial charge >= 0.3 is 0 Å². The molecule has 1 saturated heterocycles. The maximum Gasteiger partial charge on any atom is 0.152 e. The molecule has 1 unspecified atom stereocenters. The minimum Gasteiger partial charge on any atom is -0.382 e. The van der Waals surface area contributed by atoms with E-state index < -0.39 is 9.84 Å². The molecule has 2 heterocycles. The smallest absolute Gasteiger partial charge is 0.152 e. The number of rotatable bonds is 2. The number of nitrogen functional groups attached to an aromatic ring is 1. The molecule has 1 aliphatic heterocycles. The molecule has 1 fully saturated rings. The number of aromatic nitrogens is 2. The van der Waals surface area contributed by atoms with Crippen molar-refractivity contribution in [3.8, 4) is 0 Å². The summed E-state index contributed by atoms with van der Waals surface area (Å²) in [6.07, 6.45) is 3.56. The van der Waals surface area contributed by atoms with Crippen LogP contribution < -0.4 is 11.1 Å². The van der Waals surface area contributed by atoms with Gasteiger partial charge in [-0.1, -0.05) is 0 Å². The SMILES string of the molecule is Nc1cnc(NC2CCS(=O)(=O)C2)cn1. The maximum atomic E-state index is 11.2. The standard InChI is InChI=1S/C8H12N4O2S/c9-7-3-11-8(4-10-7)12-6-1-2-15(13,14)5-6/h3-4,6H,1-2,5H2,(H2,9,10)(H,11,12). The molecular weight excluding hydrogens is 216 g/mol. The third-order valence-electron chi connectivity index (χ3n) is 2.26. The van der Waals surface area contributed by atoms with Crippen LogP contribution in [0.1, 0.15) is 6.42 Å². The van der Waals surface area contributed by atoms with Crippen molar-refractivity contribution in [2.45, 2.75) is 12.5 Å². The predicted octanol–water partition coefficient (Wildman–Crippen LogP) is -0.342. The van der Waals surface area contributed by atoms with Gasteiger partial charge in [0.05, 0.1) is 23.9 Å². The zero-order valence-electron chi connectivity index (χ0n) is 8.05. The highest BCUT2D eigenvalue weighted by Crippen LogP contribution is 2.15. The van der Waals surface area contributed by atoms with Crippen LogP contribution in [-0.4, -0.2) is 35.9 Å². The Hall–Kier alpha value is -1.37. The number of anilines is 2. The van der Waals surface area contributed by atoms with E-state index in [-0.39, 0.29) is 17.5 Å². The van der Waals surface area contributed by atoms with Gasteiger partial charge in [-0.3, -0.25) is 0 Å². The lowest BCUT2D eigenvalue weighted by atomic mass is 10.3. The maximum absolute atomic E-state index is 11.2. The summed E-state index contributed by atoms with van der Waals surface area (Å²) in [5.41, 5.74) is 5.38. The van der Waals surface area contributed by atoms with Gasteiger partial charge in [0.1, 0.15) is 11.6 Å². The minimum absolute atomic E-state index is 0.0621. The van der Waals surface area contributed by atoms with Gasteiger partial charge in [0.2, 0.25) is 0 Å². The van der Waals surface area contributed by atoms with Crippen molar-refractivity contribution in [2.24, 2.45) is 0 Å². The molecule has 0 amide bonds. The van der Waals surface area contributed by atoms with Gasteiger partial charge in [-0.25, -0.2) is 18.4 Å². The van der Waals surface area contributed by atoms with Crippen molar-refractivity contribution in [1.82, 2.24) is 9.97 Å². The lowest BCUT2D eigenvalue weighted by Gasteiger charge is -2.10. The van der Waals surface area contributed by atoms with Crippen molar-refractivity contribution in [3.05, 3.63) is 12.4 Å². The fourth-order valence-corrected chi connectivity index (χ4v) is 3.20. The molecule has 0 aliphatic carbocycles. The lowest BCUT2D eigenvalue weighted by molar-refractivity contribution is 0.602. The average molecular weight is 228 g/mol. The molecule has 1 atom stereocenters. The summed E-state index contributed by atoms with van der Waals surface area (Å²) < 4.78 is 22.4. The van der Waals surface area contributed by atoms with E-state index in [1.165, 1.54) is 12.4 Å². The Bertz CT molecular complexity index is 442. The molecule has 1 aromatic heterocycles. The highest BCUT2D eigenvalue weighted by molar-refractivity contribution is 7.91. The van der Waals surface area contributed by atoms with Gasteiger partial charge in [-0.2, -0.15) is 0 Å². The molecule has 82 valence electrons.